The van der Waals surface area contributed by atoms with Crippen LogP contribution in [0.3, 0.4) is 0 Å². The smallest absolute Gasteiger partial charge is 0.0355 e. The van der Waals surface area contributed by atoms with Crippen LogP contribution in [-0.2, 0) is 9.59 Å². The third kappa shape index (κ3) is 5.88. The van der Waals surface area contributed by atoms with Gasteiger partial charge >= 0.3 is 156 Å². The Morgan fingerprint density at radius 1 is 0.780 bits per heavy atom. The summed E-state index contributed by atoms with van der Waals surface area (Å²) in [7, 11) is 0. The van der Waals surface area contributed by atoms with Crippen molar-refractivity contribution >= 4 is 61.4 Å². The van der Waals surface area contributed by atoms with Gasteiger partial charge in [-0.25, -0.2) is 0 Å². The summed E-state index contributed by atoms with van der Waals surface area (Å²) in [4.78, 5) is 51.9. The quantitative estimate of drug-likeness (QED) is 0.231. The molecule has 5 aromatic rings. The minimum atomic E-state index is -2.18. The molecule has 3 aromatic carbocycles. The molecule has 0 radical (unpaired) electrons. The molecular formula is C32H36N6O2Sn. The topological polar surface area (TPSA) is 98.0 Å². The van der Waals surface area contributed by atoms with Gasteiger partial charge in [-0.1, -0.05) is 0 Å². The number of hydrogen-bond acceptors (Lipinski definition) is 5. The number of piperazine rings is 1. The molecule has 210 valence electrons. The maximum atomic E-state index is 12.4. The normalized spacial score (nSPS) is 14.2. The van der Waals surface area contributed by atoms with E-state index >= 15 is 0 Å². The van der Waals surface area contributed by atoms with Crippen LogP contribution in [0.1, 0.15) is 19.8 Å². The van der Waals surface area contributed by atoms with E-state index in [4.69, 9.17) is 9.97 Å². The predicted molar refractivity (Wildman–Crippen MR) is 168 cm³/mol. The number of H-pyrrole nitrogens is 2. The van der Waals surface area contributed by atoms with Gasteiger partial charge in [0.05, 0.1) is 0 Å². The summed E-state index contributed by atoms with van der Waals surface area (Å²) in [5.74, 6) is 1.84. The van der Waals surface area contributed by atoms with Gasteiger partial charge in [-0.3, -0.25) is 4.79 Å². The summed E-state index contributed by atoms with van der Waals surface area (Å²) in [6.07, 6.45) is 0.621. The summed E-state index contributed by atoms with van der Waals surface area (Å²) in [6.45, 7) is 4.39. The molecule has 6 rings (SSSR count). The Kier molecular flexibility index (Phi) is 7.35. The molecule has 2 aromatic heterocycles. The first-order valence-corrected chi connectivity index (χ1v) is 24.3. The van der Waals surface area contributed by atoms with Crippen molar-refractivity contribution in [1.82, 2.24) is 24.8 Å². The number of fused-ring (bicyclic) bond motifs is 2. The van der Waals surface area contributed by atoms with E-state index in [0.29, 0.717) is 25.9 Å². The molecule has 1 amide bonds. The second-order valence-corrected chi connectivity index (χ2v) is 26.5. The van der Waals surface area contributed by atoms with Crippen LogP contribution in [0, 0.1) is 0 Å². The molecule has 1 saturated heterocycles. The van der Waals surface area contributed by atoms with Gasteiger partial charge in [-0.05, 0) is 13.0 Å². The number of imidazole rings is 2. The van der Waals surface area contributed by atoms with E-state index in [1.54, 1.807) is 0 Å². The second kappa shape index (κ2) is 11.0. The Balaban J connectivity index is 1.19. The van der Waals surface area contributed by atoms with E-state index in [2.05, 4.69) is 84.3 Å². The molecule has 1 aliphatic rings. The summed E-state index contributed by atoms with van der Waals surface area (Å²) in [6, 6.07) is 21.3. The van der Waals surface area contributed by atoms with Gasteiger partial charge in [-0.15, -0.1) is 0 Å². The van der Waals surface area contributed by atoms with Crippen LogP contribution < -0.4 is 8.48 Å². The van der Waals surface area contributed by atoms with E-state index in [1.165, 1.54) is 10.5 Å². The maximum absolute atomic E-state index is 12.4. The average Bonchev–Trinajstić information content (AvgIpc) is 3.59. The summed E-state index contributed by atoms with van der Waals surface area (Å²) >= 11 is -2.18. The van der Waals surface area contributed by atoms with E-state index in [9.17, 15) is 9.59 Å². The number of nitrogens with zero attached hydrogens (tertiary/aromatic N) is 4. The number of nitrogens with one attached hydrogen (secondary N) is 2. The number of carbonyl (C=O) groups is 2. The van der Waals surface area contributed by atoms with Gasteiger partial charge in [-0.2, -0.15) is 0 Å². The molecule has 2 N–H and O–H groups in total. The third-order valence-corrected chi connectivity index (χ3v) is 13.7. The third-order valence-electron chi connectivity index (χ3n) is 7.91. The number of rotatable bonds is 7. The number of amides is 1. The average molecular weight is 655 g/mol. The van der Waals surface area contributed by atoms with Gasteiger partial charge < -0.3 is 14.6 Å². The number of Topliss-reactive ketones (excluding diaryl/α,β-unsaturated/α-hetero) is 1. The fourth-order valence-corrected chi connectivity index (χ4v) is 8.79. The first kappa shape index (κ1) is 27.5. The number of benzene rings is 3. The van der Waals surface area contributed by atoms with Crippen molar-refractivity contribution in [2.24, 2.45) is 0 Å². The zero-order chi connectivity index (χ0) is 28.7. The number of anilines is 1. The molecule has 9 heteroatoms. The van der Waals surface area contributed by atoms with Crippen molar-refractivity contribution in [3.8, 4) is 22.8 Å². The fraction of sp³-hybridized carbons (Fsp3) is 0.312. The Morgan fingerprint density at radius 3 is 2.07 bits per heavy atom. The van der Waals surface area contributed by atoms with Crippen molar-refractivity contribution in [3.63, 3.8) is 0 Å². The van der Waals surface area contributed by atoms with Crippen LogP contribution >= 0.6 is 0 Å². The van der Waals surface area contributed by atoms with E-state index in [1.807, 2.05) is 11.0 Å². The first-order valence-electron chi connectivity index (χ1n) is 14.3. The van der Waals surface area contributed by atoms with Crippen molar-refractivity contribution < 1.29 is 9.59 Å². The Labute approximate surface area is 244 Å². The Morgan fingerprint density at radius 2 is 1.41 bits per heavy atom. The fourth-order valence-electron chi connectivity index (χ4n) is 5.41. The van der Waals surface area contributed by atoms with Crippen molar-refractivity contribution in [2.45, 2.75) is 34.6 Å². The van der Waals surface area contributed by atoms with Crippen molar-refractivity contribution in [3.05, 3.63) is 60.7 Å². The van der Waals surface area contributed by atoms with Crippen LogP contribution in [0.2, 0.25) is 14.8 Å². The van der Waals surface area contributed by atoms with Crippen molar-refractivity contribution in [2.75, 3.05) is 31.1 Å². The number of aromatic nitrogens is 4. The summed E-state index contributed by atoms with van der Waals surface area (Å²) in [5, 5.41) is 0. The molecule has 41 heavy (non-hydrogen) atoms. The zero-order valence-electron chi connectivity index (χ0n) is 24.1. The Hall–Kier alpha value is -3.66. The van der Waals surface area contributed by atoms with Gasteiger partial charge in [0.15, 0.2) is 0 Å². The molecule has 3 heterocycles. The van der Waals surface area contributed by atoms with Crippen LogP contribution in [0.5, 0.6) is 0 Å². The van der Waals surface area contributed by atoms with Gasteiger partial charge in [0.25, 0.3) is 0 Å². The molecule has 0 aliphatic carbocycles. The number of aromatic amines is 2. The van der Waals surface area contributed by atoms with Crippen LogP contribution in [0.25, 0.3) is 44.8 Å². The molecule has 8 nitrogen and oxygen atoms in total. The minimum Gasteiger partial charge on any atom is 0.0355 e. The van der Waals surface area contributed by atoms with Gasteiger partial charge in [0.1, 0.15) is 5.78 Å². The molecule has 0 unspecified atom stereocenters. The monoisotopic (exact) mass is 656 g/mol. The molecule has 0 bridgehead atoms. The van der Waals surface area contributed by atoms with Crippen LogP contribution in [0.15, 0.2) is 60.7 Å². The molecule has 1 aliphatic heterocycles. The van der Waals surface area contributed by atoms with Crippen molar-refractivity contribution in [1.29, 1.82) is 0 Å². The van der Waals surface area contributed by atoms with E-state index < -0.39 is 18.4 Å². The first-order chi connectivity index (χ1) is 19.6. The number of ketones is 1. The standard InChI is InChI=1S/C29H27N6O2.3CH3.Sn/c1-19(36)7-12-27(37)35-15-13-34(14-16-35)22-9-11-24-26(18-22)33-29(31-24)21-8-10-23-25(17-21)32-28(30-23)20-5-3-2-4-6-20;;;;/h2-3,5-6,8-11,17-18H,7,12-16H2,1H3,(H,30,32)(H,31,33);3*1H3;. The second-order valence-electron chi connectivity index (χ2n) is 12.0. The summed E-state index contributed by atoms with van der Waals surface area (Å²) < 4.78 is 1.49. The number of carbonyl (C=O) groups excluding carboxylic acids is 2. The SMILES string of the molecule is CC(=O)CCC(=O)N1CCN(c2ccc3nc(-c4ccc5nc(-c6ccc[c]([Sn]([CH3])([CH3])[CH3])c6)[nH]c5c4)[nH]c3c2)CC1. The number of hydrogen-bond donors (Lipinski definition) is 2. The van der Waals surface area contributed by atoms with Crippen LogP contribution in [0.4, 0.5) is 5.69 Å². The van der Waals surface area contributed by atoms with Crippen LogP contribution in [-0.4, -0.2) is 81.1 Å². The molecular weight excluding hydrogens is 619 g/mol. The summed E-state index contributed by atoms with van der Waals surface area (Å²) in [5.41, 5.74) is 7.06. The van der Waals surface area contributed by atoms with Gasteiger partial charge in [0.2, 0.25) is 5.91 Å². The Bertz CT molecular complexity index is 1760. The van der Waals surface area contributed by atoms with E-state index in [-0.39, 0.29) is 11.7 Å². The molecule has 0 saturated carbocycles. The zero-order valence-corrected chi connectivity index (χ0v) is 27.0. The predicted octanol–water partition coefficient (Wildman–Crippen LogP) is 5.34. The minimum absolute atomic E-state index is 0.0576. The molecule has 0 spiro atoms. The molecule has 0 atom stereocenters. The van der Waals surface area contributed by atoms with E-state index in [0.717, 1.165) is 63.6 Å². The van der Waals surface area contributed by atoms with Gasteiger partial charge in [0, 0.05) is 44.7 Å². The molecule has 1 fully saturated rings.